The van der Waals surface area contributed by atoms with E-state index < -0.39 is 5.97 Å². The molecule has 0 saturated carbocycles. The average Bonchev–Trinajstić information content (AvgIpc) is 3.24. The molecule has 0 radical (unpaired) electrons. The van der Waals surface area contributed by atoms with E-state index in [9.17, 15) is 10.1 Å². The standard InChI is InChI=1S/C25H20N2O5/c1-16-18(12-25(28)29)3-2-4-22(16)32-24-13-20(7-6-19(24)14-26)30-10-9-17-5-8-23-21(11-17)27-15-31-23/h2-8,11,13,15H,9-10,12H2,1H3,(H,28,29). The molecule has 1 aromatic heterocycles. The Bertz CT molecular complexity index is 1320. The Morgan fingerprint density at radius 1 is 1.16 bits per heavy atom. The summed E-state index contributed by atoms with van der Waals surface area (Å²) in [6.07, 6.45) is 2.00. The van der Waals surface area contributed by atoms with Crippen LogP contribution in [0.3, 0.4) is 0 Å². The van der Waals surface area contributed by atoms with Crippen LogP contribution in [0.25, 0.3) is 11.1 Å². The van der Waals surface area contributed by atoms with Gasteiger partial charge in [-0.25, -0.2) is 4.98 Å². The number of nitrogens with zero attached hydrogens (tertiary/aromatic N) is 2. The van der Waals surface area contributed by atoms with Gasteiger partial charge in [0.05, 0.1) is 18.6 Å². The van der Waals surface area contributed by atoms with E-state index in [4.69, 9.17) is 19.0 Å². The van der Waals surface area contributed by atoms with Crippen LogP contribution in [-0.4, -0.2) is 22.7 Å². The highest BCUT2D eigenvalue weighted by Gasteiger charge is 2.12. The van der Waals surface area contributed by atoms with Gasteiger partial charge in [0.1, 0.15) is 28.8 Å². The van der Waals surface area contributed by atoms with Crippen molar-refractivity contribution < 1.29 is 23.8 Å². The minimum atomic E-state index is -0.916. The highest BCUT2D eigenvalue weighted by Crippen LogP contribution is 2.32. The number of rotatable bonds is 8. The Morgan fingerprint density at radius 2 is 2.03 bits per heavy atom. The zero-order valence-electron chi connectivity index (χ0n) is 17.4. The number of benzene rings is 3. The second kappa shape index (κ2) is 9.23. The van der Waals surface area contributed by atoms with Crippen molar-refractivity contribution in [3.05, 3.63) is 83.2 Å². The molecule has 0 aliphatic heterocycles. The molecule has 32 heavy (non-hydrogen) atoms. The predicted molar refractivity (Wildman–Crippen MR) is 117 cm³/mol. The van der Waals surface area contributed by atoms with E-state index in [1.54, 1.807) is 43.3 Å². The zero-order valence-corrected chi connectivity index (χ0v) is 17.4. The zero-order chi connectivity index (χ0) is 22.5. The molecule has 0 unspecified atom stereocenters. The van der Waals surface area contributed by atoms with Crippen molar-refractivity contribution >= 4 is 17.1 Å². The predicted octanol–water partition coefficient (Wildman–Crippen LogP) is 5.05. The molecule has 0 spiro atoms. The summed E-state index contributed by atoms with van der Waals surface area (Å²) in [5.41, 5.74) is 4.35. The lowest BCUT2D eigenvalue weighted by molar-refractivity contribution is -0.136. The Kier molecular flexibility index (Phi) is 6.04. The maximum atomic E-state index is 11.1. The van der Waals surface area contributed by atoms with Gasteiger partial charge in [-0.05, 0) is 53.9 Å². The lowest BCUT2D eigenvalue weighted by Crippen LogP contribution is -2.03. The molecule has 1 heterocycles. The van der Waals surface area contributed by atoms with Gasteiger partial charge in [-0.3, -0.25) is 4.79 Å². The number of aromatic nitrogens is 1. The van der Waals surface area contributed by atoms with Gasteiger partial charge in [0.15, 0.2) is 12.0 Å². The molecule has 7 heteroatoms. The van der Waals surface area contributed by atoms with Gasteiger partial charge in [0, 0.05) is 12.5 Å². The molecule has 0 atom stereocenters. The van der Waals surface area contributed by atoms with Gasteiger partial charge in [-0.1, -0.05) is 18.2 Å². The van der Waals surface area contributed by atoms with E-state index in [1.165, 1.54) is 6.39 Å². The maximum absolute atomic E-state index is 11.1. The molecule has 1 N–H and O–H groups in total. The number of oxazole rings is 1. The van der Waals surface area contributed by atoms with Crippen molar-refractivity contribution in [2.45, 2.75) is 19.8 Å². The molecule has 0 bridgehead atoms. The van der Waals surface area contributed by atoms with E-state index in [2.05, 4.69) is 11.1 Å². The van der Waals surface area contributed by atoms with Crippen molar-refractivity contribution in [3.8, 4) is 23.3 Å². The molecule has 0 aliphatic carbocycles. The van der Waals surface area contributed by atoms with Crippen molar-refractivity contribution in [1.82, 2.24) is 4.98 Å². The number of hydrogen-bond acceptors (Lipinski definition) is 6. The number of hydrogen-bond donors (Lipinski definition) is 1. The first-order valence-electron chi connectivity index (χ1n) is 10.0. The Morgan fingerprint density at radius 3 is 2.84 bits per heavy atom. The molecule has 4 rings (SSSR count). The van der Waals surface area contributed by atoms with Crippen molar-refractivity contribution in [2.24, 2.45) is 0 Å². The van der Waals surface area contributed by atoms with Crippen LogP contribution in [-0.2, 0) is 17.6 Å². The van der Waals surface area contributed by atoms with Crippen LogP contribution in [0.1, 0.15) is 22.3 Å². The number of carboxylic acid groups (broad SMARTS) is 1. The molecule has 0 fully saturated rings. The minimum absolute atomic E-state index is 0.0998. The minimum Gasteiger partial charge on any atom is -0.493 e. The first-order valence-corrected chi connectivity index (χ1v) is 10.0. The number of fused-ring (bicyclic) bond motifs is 1. The largest absolute Gasteiger partial charge is 0.493 e. The number of nitriles is 1. The first-order chi connectivity index (χ1) is 15.5. The first kappa shape index (κ1) is 20.9. The average molecular weight is 428 g/mol. The van der Waals surface area contributed by atoms with Gasteiger partial charge >= 0.3 is 5.97 Å². The van der Waals surface area contributed by atoms with Crippen LogP contribution in [0.5, 0.6) is 17.2 Å². The molecule has 7 nitrogen and oxygen atoms in total. The molecular formula is C25H20N2O5. The molecule has 0 amide bonds. The molecule has 160 valence electrons. The highest BCUT2D eigenvalue weighted by molar-refractivity contribution is 5.73. The summed E-state index contributed by atoms with van der Waals surface area (Å²) < 4.78 is 17.1. The summed E-state index contributed by atoms with van der Waals surface area (Å²) in [7, 11) is 0. The molecular weight excluding hydrogens is 408 g/mol. The summed E-state index contributed by atoms with van der Waals surface area (Å²) in [6, 6.07) is 18.2. The summed E-state index contributed by atoms with van der Waals surface area (Å²) in [5, 5.41) is 18.5. The summed E-state index contributed by atoms with van der Waals surface area (Å²) in [5.74, 6) is 0.504. The normalized spacial score (nSPS) is 10.6. The van der Waals surface area contributed by atoms with Gasteiger partial charge in [-0.15, -0.1) is 0 Å². The van der Waals surface area contributed by atoms with E-state index >= 15 is 0 Å². The van der Waals surface area contributed by atoms with Gasteiger partial charge in [0.25, 0.3) is 0 Å². The third-order valence-electron chi connectivity index (χ3n) is 5.09. The van der Waals surface area contributed by atoms with Crippen LogP contribution < -0.4 is 9.47 Å². The maximum Gasteiger partial charge on any atom is 0.307 e. The third kappa shape index (κ3) is 4.71. The SMILES string of the molecule is Cc1c(CC(=O)O)cccc1Oc1cc(OCCc2ccc3ocnc3c2)ccc1C#N. The van der Waals surface area contributed by atoms with Crippen LogP contribution >= 0.6 is 0 Å². The summed E-state index contributed by atoms with van der Waals surface area (Å²) in [4.78, 5) is 15.2. The Hall–Kier alpha value is -4.31. The molecule has 0 aliphatic rings. The van der Waals surface area contributed by atoms with Gasteiger partial charge in [-0.2, -0.15) is 5.26 Å². The highest BCUT2D eigenvalue weighted by atomic mass is 16.5. The van der Waals surface area contributed by atoms with Gasteiger partial charge < -0.3 is 19.0 Å². The number of carboxylic acids is 1. The van der Waals surface area contributed by atoms with E-state index in [1.807, 2.05) is 18.2 Å². The second-order valence-corrected chi connectivity index (χ2v) is 7.24. The Balaban J connectivity index is 1.48. The van der Waals surface area contributed by atoms with Gasteiger partial charge in [0.2, 0.25) is 0 Å². The smallest absolute Gasteiger partial charge is 0.307 e. The summed E-state index contributed by atoms with van der Waals surface area (Å²) in [6.45, 7) is 2.23. The molecule has 0 saturated heterocycles. The topological polar surface area (TPSA) is 106 Å². The van der Waals surface area contributed by atoms with E-state index in [0.717, 1.165) is 16.7 Å². The van der Waals surface area contributed by atoms with Crippen LogP contribution in [0.15, 0.2) is 65.4 Å². The monoisotopic (exact) mass is 428 g/mol. The van der Waals surface area contributed by atoms with Crippen molar-refractivity contribution in [2.75, 3.05) is 6.61 Å². The van der Waals surface area contributed by atoms with Crippen LogP contribution in [0.2, 0.25) is 0 Å². The number of ether oxygens (including phenoxy) is 2. The fourth-order valence-electron chi connectivity index (χ4n) is 3.36. The quantitative estimate of drug-likeness (QED) is 0.419. The van der Waals surface area contributed by atoms with Crippen molar-refractivity contribution in [3.63, 3.8) is 0 Å². The summed E-state index contributed by atoms with van der Waals surface area (Å²) >= 11 is 0. The fourth-order valence-corrected chi connectivity index (χ4v) is 3.36. The van der Waals surface area contributed by atoms with E-state index in [0.29, 0.717) is 47.0 Å². The van der Waals surface area contributed by atoms with E-state index in [-0.39, 0.29) is 6.42 Å². The fraction of sp³-hybridized carbons (Fsp3) is 0.160. The number of carbonyl (C=O) groups is 1. The number of aliphatic carboxylic acids is 1. The lowest BCUT2D eigenvalue weighted by atomic mass is 10.0. The lowest BCUT2D eigenvalue weighted by Gasteiger charge is -2.14. The second-order valence-electron chi connectivity index (χ2n) is 7.24. The van der Waals surface area contributed by atoms with Crippen molar-refractivity contribution in [1.29, 1.82) is 5.26 Å². The molecule has 4 aromatic rings. The van der Waals surface area contributed by atoms with Crippen LogP contribution in [0.4, 0.5) is 0 Å². The Labute approximate surface area is 184 Å². The third-order valence-corrected chi connectivity index (χ3v) is 5.09. The molecule has 3 aromatic carbocycles. The van der Waals surface area contributed by atoms with Crippen LogP contribution in [0, 0.1) is 18.3 Å².